The van der Waals surface area contributed by atoms with Crippen molar-refractivity contribution in [2.45, 2.75) is 31.3 Å². The van der Waals surface area contributed by atoms with Crippen LogP contribution in [0.2, 0.25) is 0 Å². The van der Waals surface area contributed by atoms with Crippen molar-refractivity contribution in [1.29, 1.82) is 0 Å². The summed E-state index contributed by atoms with van der Waals surface area (Å²) in [5.41, 5.74) is 1.88. The molecule has 12 nitrogen and oxygen atoms in total. The molecule has 4 aliphatic rings. The third-order valence-electron chi connectivity index (χ3n) is 7.76. The molecule has 1 aromatic rings. The van der Waals surface area contributed by atoms with Gasteiger partial charge in [-0.25, -0.2) is 4.79 Å². The van der Waals surface area contributed by atoms with Gasteiger partial charge >= 0.3 is 6.03 Å². The zero-order chi connectivity index (χ0) is 26.6. The quantitative estimate of drug-likeness (QED) is 0.245. The molecule has 1 saturated heterocycles. The van der Waals surface area contributed by atoms with E-state index in [0.29, 0.717) is 31.9 Å². The van der Waals surface area contributed by atoms with Crippen molar-refractivity contribution < 1.29 is 44.3 Å². The fourth-order valence-electron chi connectivity index (χ4n) is 5.85. The van der Waals surface area contributed by atoms with Crippen molar-refractivity contribution in [2.24, 2.45) is 17.6 Å². The molecular formula is C25H27N3O9. The van der Waals surface area contributed by atoms with Crippen LogP contribution < -0.4 is 11.1 Å². The van der Waals surface area contributed by atoms with E-state index in [2.05, 4.69) is 5.32 Å². The van der Waals surface area contributed by atoms with Crippen molar-refractivity contribution in [3.8, 4) is 5.75 Å². The van der Waals surface area contributed by atoms with Gasteiger partial charge in [0.05, 0.1) is 24.5 Å². The Morgan fingerprint density at radius 1 is 1.14 bits per heavy atom. The average Bonchev–Trinajstić information content (AvgIpc) is 2.96. The van der Waals surface area contributed by atoms with E-state index in [1.165, 1.54) is 11.0 Å². The highest BCUT2D eigenvalue weighted by Gasteiger charge is 2.58. The summed E-state index contributed by atoms with van der Waals surface area (Å²) in [4.78, 5) is 52.8. The fraction of sp³-hybridized carbons (Fsp3) is 0.440. The molecule has 37 heavy (non-hydrogen) atoms. The number of Topliss-reactive ketones (excluding diaryl/α,β-unsaturated/α-hetero) is 2. The van der Waals surface area contributed by atoms with Gasteiger partial charge in [0.1, 0.15) is 17.1 Å². The normalized spacial score (nSPS) is 27.8. The second-order valence-corrected chi connectivity index (χ2v) is 9.77. The van der Waals surface area contributed by atoms with E-state index in [4.69, 9.17) is 10.5 Å². The van der Waals surface area contributed by atoms with Gasteiger partial charge < -0.3 is 41.1 Å². The molecule has 0 bridgehead atoms. The summed E-state index contributed by atoms with van der Waals surface area (Å²) < 4.78 is 5.23. The molecule has 0 unspecified atom stereocenters. The third kappa shape index (κ3) is 3.75. The van der Waals surface area contributed by atoms with Crippen LogP contribution in [-0.2, 0) is 20.7 Å². The number of nitrogens with one attached hydrogen (secondary N) is 1. The number of hydrogen-bond donors (Lipinski definition) is 6. The van der Waals surface area contributed by atoms with Gasteiger partial charge in [0.15, 0.2) is 17.1 Å². The molecule has 5 rings (SSSR count). The number of morpholine rings is 1. The summed E-state index contributed by atoms with van der Waals surface area (Å²) in [5.74, 6) is -6.78. The van der Waals surface area contributed by atoms with Gasteiger partial charge in [0.2, 0.25) is 5.78 Å². The first kappa shape index (κ1) is 24.8. The molecule has 7 N–H and O–H groups in total. The Morgan fingerprint density at radius 3 is 2.51 bits per heavy atom. The Hall–Kier alpha value is -3.90. The largest absolute Gasteiger partial charge is 0.511 e. The zero-order valence-corrected chi connectivity index (χ0v) is 19.8. The number of phenols is 1. The summed E-state index contributed by atoms with van der Waals surface area (Å²) in [7, 11) is 0. The van der Waals surface area contributed by atoms with Crippen molar-refractivity contribution in [3.05, 3.63) is 45.9 Å². The highest BCUT2D eigenvalue weighted by molar-refractivity contribution is 6.24. The molecule has 1 aliphatic heterocycles. The maximum Gasteiger partial charge on any atom is 0.322 e. The lowest BCUT2D eigenvalue weighted by Gasteiger charge is -2.43. The van der Waals surface area contributed by atoms with Crippen LogP contribution in [0.3, 0.4) is 0 Å². The summed E-state index contributed by atoms with van der Waals surface area (Å²) in [5, 5.41) is 46.4. The minimum Gasteiger partial charge on any atom is -0.511 e. The number of urea groups is 1. The van der Waals surface area contributed by atoms with Crippen LogP contribution in [0.1, 0.15) is 35.2 Å². The summed E-state index contributed by atoms with van der Waals surface area (Å²) >= 11 is 0. The van der Waals surface area contributed by atoms with Crippen LogP contribution >= 0.6 is 0 Å². The topological polar surface area (TPSA) is 200 Å². The number of fused-ring (bicyclic) bond motifs is 3. The van der Waals surface area contributed by atoms with E-state index in [-0.39, 0.29) is 42.5 Å². The maximum atomic E-state index is 13.6. The number of carbonyl (C=O) groups excluding carboxylic acids is 4. The molecule has 0 spiro atoms. The third-order valence-corrected chi connectivity index (χ3v) is 7.76. The molecule has 1 fully saturated rings. The van der Waals surface area contributed by atoms with Crippen molar-refractivity contribution in [3.63, 3.8) is 0 Å². The van der Waals surface area contributed by atoms with E-state index < -0.39 is 63.8 Å². The number of aliphatic hydroxyl groups excluding tert-OH is 2. The van der Waals surface area contributed by atoms with Gasteiger partial charge in [-0.1, -0.05) is 6.07 Å². The first-order valence-corrected chi connectivity index (χ1v) is 12.0. The number of nitrogens with zero attached hydrogens (tertiary/aromatic N) is 1. The number of allylic oxidation sites excluding steroid dienone is 2. The molecule has 0 saturated carbocycles. The monoisotopic (exact) mass is 513 g/mol. The van der Waals surface area contributed by atoms with Gasteiger partial charge in [-0.3, -0.25) is 14.4 Å². The van der Waals surface area contributed by atoms with Crippen LogP contribution in [0.4, 0.5) is 10.5 Å². The lowest BCUT2D eigenvalue weighted by atomic mass is 9.63. The van der Waals surface area contributed by atoms with Gasteiger partial charge in [0, 0.05) is 31.0 Å². The predicted molar refractivity (Wildman–Crippen MR) is 127 cm³/mol. The summed E-state index contributed by atoms with van der Waals surface area (Å²) in [6.07, 6.45) is 0.290. The summed E-state index contributed by atoms with van der Waals surface area (Å²) in [6.45, 7) is 1.49. The molecule has 3 atom stereocenters. The Bertz CT molecular complexity index is 1290. The second-order valence-electron chi connectivity index (χ2n) is 9.77. The standard InChI is InChI=1S/C25H27N3O9/c26-23(34)18-15(29)4-2-13-10-12-9-11-1-3-14(27-24(35)28-5-7-37-8-6-28)19(30)16(11)20(31)17(12)21(32)25(13,36)22(18)33/h1,3,12-13,29-30,32,36H,2,4-10H2,(H2,26,34)(H,27,35)/t12-,13+,25-/m0/s1. The van der Waals surface area contributed by atoms with Gasteiger partial charge in [-0.05, 0) is 36.8 Å². The molecule has 1 heterocycles. The van der Waals surface area contributed by atoms with Crippen LogP contribution in [-0.4, -0.2) is 80.7 Å². The number of anilines is 1. The number of carbonyl (C=O) groups is 4. The number of rotatable bonds is 2. The number of hydrogen-bond acceptors (Lipinski definition) is 9. The lowest BCUT2D eigenvalue weighted by Crippen LogP contribution is -2.54. The summed E-state index contributed by atoms with van der Waals surface area (Å²) in [6, 6.07) is 2.61. The first-order valence-electron chi connectivity index (χ1n) is 12.0. The van der Waals surface area contributed by atoms with Gasteiger partial charge in [-0.15, -0.1) is 0 Å². The van der Waals surface area contributed by atoms with Crippen molar-refractivity contribution in [2.75, 3.05) is 31.6 Å². The van der Waals surface area contributed by atoms with Crippen molar-refractivity contribution >= 4 is 29.2 Å². The number of aliphatic hydroxyl groups is 3. The number of ether oxygens (including phenoxy) is 1. The Morgan fingerprint density at radius 2 is 1.84 bits per heavy atom. The van der Waals surface area contributed by atoms with E-state index >= 15 is 0 Å². The molecule has 3 amide bonds. The number of benzene rings is 1. The van der Waals surface area contributed by atoms with E-state index in [9.17, 15) is 39.6 Å². The van der Waals surface area contributed by atoms with Crippen molar-refractivity contribution in [1.82, 2.24) is 4.90 Å². The minimum atomic E-state index is -2.63. The van der Waals surface area contributed by atoms with E-state index in [1.54, 1.807) is 6.07 Å². The average molecular weight is 514 g/mol. The van der Waals surface area contributed by atoms with Gasteiger partial charge in [0.25, 0.3) is 5.91 Å². The zero-order valence-electron chi connectivity index (χ0n) is 19.8. The highest BCUT2D eigenvalue weighted by Crippen LogP contribution is 2.51. The van der Waals surface area contributed by atoms with Crippen LogP contribution in [0.5, 0.6) is 5.75 Å². The minimum absolute atomic E-state index is 0.0102. The van der Waals surface area contributed by atoms with Crippen LogP contribution in [0, 0.1) is 11.8 Å². The number of amides is 3. The van der Waals surface area contributed by atoms with Crippen LogP contribution in [0.15, 0.2) is 34.8 Å². The Balaban J connectivity index is 1.54. The Kier molecular flexibility index (Phi) is 5.95. The molecule has 0 aromatic heterocycles. The molecular weight excluding hydrogens is 486 g/mol. The maximum absolute atomic E-state index is 13.6. The molecule has 3 aliphatic carbocycles. The van der Waals surface area contributed by atoms with E-state index in [0.717, 1.165) is 0 Å². The number of ketones is 2. The molecule has 0 radical (unpaired) electrons. The molecule has 12 heteroatoms. The van der Waals surface area contributed by atoms with Crippen LogP contribution in [0.25, 0.3) is 0 Å². The second kappa shape index (κ2) is 8.89. The number of nitrogens with two attached hydrogens (primary N) is 1. The molecule has 1 aromatic carbocycles. The smallest absolute Gasteiger partial charge is 0.322 e. The fourth-order valence-corrected chi connectivity index (χ4v) is 5.85. The van der Waals surface area contributed by atoms with Gasteiger partial charge in [-0.2, -0.15) is 0 Å². The Labute approximate surface area is 211 Å². The predicted octanol–water partition coefficient (Wildman–Crippen LogP) is 0.835. The first-order chi connectivity index (χ1) is 17.6. The SMILES string of the molecule is NC(=O)C1=C(O)CC[C@@H]2C[C@@H]3Cc4ccc(NC(=O)N5CCOCC5)c(O)c4C(=O)C3=C(O)[C@]2(O)C1=O. The lowest BCUT2D eigenvalue weighted by molar-refractivity contribution is -0.141. The number of primary amides is 1. The molecule has 196 valence electrons. The number of phenolic OH excluding ortho intramolecular Hbond substituents is 1. The van der Waals surface area contributed by atoms with E-state index in [1.807, 2.05) is 0 Å². The highest BCUT2D eigenvalue weighted by atomic mass is 16.5. The number of aromatic hydroxyl groups is 1.